The number of nitrogens with zero attached hydrogens (tertiary/aromatic N) is 2. The van der Waals surface area contributed by atoms with E-state index in [0.29, 0.717) is 39.0 Å². The average Bonchev–Trinajstić information content (AvgIpc) is 2.86. The van der Waals surface area contributed by atoms with Gasteiger partial charge in [-0.15, -0.1) is 0 Å². The van der Waals surface area contributed by atoms with Gasteiger partial charge in [0.15, 0.2) is 0 Å². The van der Waals surface area contributed by atoms with E-state index in [1.807, 2.05) is 65.3 Å². The molecule has 27 heavy (non-hydrogen) atoms. The molecule has 142 valence electrons. The molecule has 1 saturated heterocycles. The van der Waals surface area contributed by atoms with Gasteiger partial charge in [-0.2, -0.15) is 0 Å². The van der Waals surface area contributed by atoms with Gasteiger partial charge in [0.2, 0.25) is 11.8 Å². The van der Waals surface area contributed by atoms with Crippen molar-refractivity contribution in [1.29, 1.82) is 0 Å². The Labute approximate surface area is 160 Å². The molecule has 1 fully saturated rings. The fraction of sp³-hybridized carbons (Fsp3) is 0.364. The van der Waals surface area contributed by atoms with E-state index in [2.05, 4.69) is 0 Å². The number of benzene rings is 2. The van der Waals surface area contributed by atoms with Crippen LogP contribution in [0.4, 0.5) is 0 Å². The summed E-state index contributed by atoms with van der Waals surface area (Å²) in [4.78, 5) is 28.8. The molecule has 0 atom stereocenters. The van der Waals surface area contributed by atoms with Crippen molar-refractivity contribution in [3.05, 3.63) is 65.2 Å². The second-order valence-corrected chi connectivity index (χ2v) is 6.90. The monoisotopic (exact) mass is 366 g/mol. The molecule has 0 aromatic heterocycles. The number of hydrogen-bond acceptors (Lipinski definition) is 3. The van der Waals surface area contributed by atoms with E-state index in [1.54, 1.807) is 7.11 Å². The molecule has 3 rings (SSSR count). The Kier molecular flexibility index (Phi) is 6.12. The van der Waals surface area contributed by atoms with Gasteiger partial charge < -0.3 is 14.5 Å². The summed E-state index contributed by atoms with van der Waals surface area (Å²) < 4.78 is 5.17. The van der Waals surface area contributed by atoms with Gasteiger partial charge in [0.05, 0.1) is 13.5 Å². The van der Waals surface area contributed by atoms with Crippen LogP contribution in [0.2, 0.25) is 0 Å². The molecule has 5 heteroatoms. The molecule has 0 radical (unpaired) electrons. The van der Waals surface area contributed by atoms with Gasteiger partial charge >= 0.3 is 0 Å². The summed E-state index contributed by atoms with van der Waals surface area (Å²) in [5.41, 5.74) is 3.23. The molecule has 1 heterocycles. The number of hydrogen-bond donors (Lipinski definition) is 0. The molecular formula is C22H26N2O3. The van der Waals surface area contributed by atoms with Crippen LogP contribution in [0.3, 0.4) is 0 Å². The SMILES string of the molecule is COc1ccc(CN2CCN(C(=O)Cc3ccccc3C)CCC2=O)cc1. The van der Waals surface area contributed by atoms with E-state index in [9.17, 15) is 9.59 Å². The molecule has 1 aliphatic heterocycles. The lowest BCUT2D eigenvalue weighted by atomic mass is 10.1. The normalized spacial score (nSPS) is 14.8. The van der Waals surface area contributed by atoms with Crippen LogP contribution >= 0.6 is 0 Å². The lowest BCUT2D eigenvalue weighted by Gasteiger charge is -2.22. The number of methoxy groups -OCH3 is 1. The summed E-state index contributed by atoms with van der Waals surface area (Å²) in [5, 5.41) is 0. The molecule has 5 nitrogen and oxygen atoms in total. The standard InChI is InChI=1S/C22H26N2O3/c1-17-5-3-4-6-19(17)15-22(26)23-12-11-21(25)24(14-13-23)16-18-7-9-20(27-2)10-8-18/h3-10H,11-16H2,1-2H3. The Bertz CT molecular complexity index is 801. The van der Waals surface area contributed by atoms with Gasteiger partial charge in [0.1, 0.15) is 5.75 Å². The highest BCUT2D eigenvalue weighted by molar-refractivity contribution is 5.81. The molecule has 2 aromatic carbocycles. The maximum atomic E-state index is 12.7. The topological polar surface area (TPSA) is 49.9 Å². The van der Waals surface area contributed by atoms with E-state index in [-0.39, 0.29) is 11.8 Å². The average molecular weight is 366 g/mol. The van der Waals surface area contributed by atoms with Gasteiger partial charge in [-0.05, 0) is 35.7 Å². The van der Waals surface area contributed by atoms with Crippen molar-refractivity contribution in [2.45, 2.75) is 26.3 Å². The molecule has 0 bridgehead atoms. The minimum Gasteiger partial charge on any atom is -0.497 e. The minimum absolute atomic E-state index is 0.0865. The first-order valence-electron chi connectivity index (χ1n) is 9.30. The first-order valence-corrected chi connectivity index (χ1v) is 9.30. The summed E-state index contributed by atoms with van der Waals surface area (Å²) in [6, 6.07) is 15.7. The zero-order valence-electron chi connectivity index (χ0n) is 16.0. The Balaban J connectivity index is 1.60. The Morgan fingerprint density at radius 3 is 2.48 bits per heavy atom. The van der Waals surface area contributed by atoms with Crippen LogP contribution in [0.1, 0.15) is 23.1 Å². The molecule has 0 N–H and O–H groups in total. The molecule has 1 aliphatic rings. The van der Waals surface area contributed by atoms with Crippen LogP contribution < -0.4 is 4.74 Å². The van der Waals surface area contributed by atoms with Crippen LogP contribution in [-0.2, 0) is 22.6 Å². The van der Waals surface area contributed by atoms with E-state index in [1.165, 1.54) is 0 Å². The number of aryl methyl sites for hydroxylation is 1. The van der Waals surface area contributed by atoms with Crippen molar-refractivity contribution in [2.75, 3.05) is 26.7 Å². The number of amides is 2. The highest BCUT2D eigenvalue weighted by Crippen LogP contribution is 2.16. The predicted molar refractivity (Wildman–Crippen MR) is 104 cm³/mol. The predicted octanol–water partition coefficient (Wildman–Crippen LogP) is 2.81. The van der Waals surface area contributed by atoms with Crippen molar-refractivity contribution < 1.29 is 14.3 Å². The molecular weight excluding hydrogens is 340 g/mol. The quantitative estimate of drug-likeness (QED) is 0.818. The van der Waals surface area contributed by atoms with E-state index in [4.69, 9.17) is 4.74 Å². The van der Waals surface area contributed by atoms with E-state index in [0.717, 1.165) is 22.4 Å². The fourth-order valence-electron chi connectivity index (χ4n) is 3.32. The summed E-state index contributed by atoms with van der Waals surface area (Å²) in [5.74, 6) is 0.981. The second-order valence-electron chi connectivity index (χ2n) is 6.90. The lowest BCUT2D eigenvalue weighted by Crippen LogP contribution is -2.36. The van der Waals surface area contributed by atoms with Crippen LogP contribution in [0.5, 0.6) is 5.75 Å². The maximum Gasteiger partial charge on any atom is 0.227 e. The molecule has 0 aliphatic carbocycles. The van der Waals surface area contributed by atoms with E-state index >= 15 is 0 Å². The van der Waals surface area contributed by atoms with Gasteiger partial charge in [-0.25, -0.2) is 0 Å². The summed E-state index contributed by atoms with van der Waals surface area (Å²) >= 11 is 0. The van der Waals surface area contributed by atoms with Gasteiger partial charge in [-0.3, -0.25) is 9.59 Å². The molecule has 0 spiro atoms. The Morgan fingerprint density at radius 2 is 1.78 bits per heavy atom. The van der Waals surface area contributed by atoms with Crippen LogP contribution in [0.15, 0.2) is 48.5 Å². The third-order valence-electron chi connectivity index (χ3n) is 5.08. The number of carbonyl (C=O) groups is 2. The first kappa shape index (κ1) is 19.0. The van der Waals surface area contributed by atoms with Crippen LogP contribution in [-0.4, -0.2) is 48.4 Å². The summed E-state index contributed by atoms with van der Waals surface area (Å²) in [6.45, 7) is 4.20. The molecule has 0 unspecified atom stereocenters. The number of rotatable bonds is 5. The number of ether oxygens (including phenoxy) is 1. The molecule has 0 saturated carbocycles. The Hall–Kier alpha value is -2.82. The second kappa shape index (κ2) is 8.71. The molecule has 2 aromatic rings. The highest BCUT2D eigenvalue weighted by atomic mass is 16.5. The largest absolute Gasteiger partial charge is 0.497 e. The van der Waals surface area contributed by atoms with Crippen LogP contribution in [0.25, 0.3) is 0 Å². The number of carbonyl (C=O) groups excluding carboxylic acids is 2. The third kappa shape index (κ3) is 4.88. The highest BCUT2D eigenvalue weighted by Gasteiger charge is 2.24. The van der Waals surface area contributed by atoms with Gasteiger partial charge in [0.25, 0.3) is 0 Å². The van der Waals surface area contributed by atoms with Crippen molar-refractivity contribution >= 4 is 11.8 Å². The van der Waals surface area contributed by atoms with Crippen molar-refractivity contribution in [2.24, 2.45) is 0 Å². The van der Waals surface area contributed by atoms with E-state index < -0.39 is 0 Å². The smallest absolute Gasteiger partial charge is 0.227 e. The third-order valence-corrected chi connectivity index (χ3v) is 5.08. The van der Waals surface area contributed by atoms with Crippen molar-refractivity contribution in [3.63, 3.8) is 0 Å². The maximum absolute atomic E-state index is 12.7. The van der Waals surface area contributed by atoms with Gasteiger partial charge in [-0.1, -0.05) is 36.4 Å². The van der Waals surface area contributed by atoms with Crippen molar-refractivity contribution in [1.82, 2.24) is 9.80 Å². The first-order chi connectivity index (χ1) is 13.1. The lowest BCUT2D eigenvalue weighted by molar-refractivity contribution is -0.130. The van der Waals surface area contributed by atoms with Crippen LogP contribution in [0, 0.1) is 6.92 Å². The molecule has 2 amide bonds. The zero-order valence-corrected chi connectivity index (χ0v) is 16.0. The summed E-state index contributed by atoms with van der Waals surface area (Å²) in [7, 11) is 1.63. The zero-order chi connectivity index (χ0) is 19.2. The summed E-state index contributed by atoms with van der Waals surface area (Å²) in [6.07, 6.45) is 0.759. The van der Waals surface area contributed by atoms with Gasteiger partial charge in [0, 0.05) is 32.6 Å². The fourth-order valence-corrected chi connectivity index (χ4v) is 3.32. The Morgan fingerprint density at radius 1 is 1.04 bits per heavy atom. The minimum atomic E-state index is 0.0865. The van der Waals surface area contributed by atoms with Crippen molar-refractivity contribution in [3.8, 4) is 5.75 Å².